The zero-order valence-corrected chi connectivity index (χ0v) is 16.4. The molecular weight excluding hydrogens is 340 g/mol. The van der Waals surface area contributed by atoms with Crippen molar-refractivity contribution in [3.63, 3.8) is 0 Å². The van der Waals surface area contributed by atoms with Crippen molar-refractivity contribution in [2.75, 3.05) is 26.2 Å². The van der Waals surface area contributed by atoms with Crippen LogP contribution in [0.4, 0.5) is 0 Å². The summed E-state index contributed by atoms with van der Waals surface area (Å²) in [6.45, 7) is 11.4. The predicted octanol–water partition coefficient (Wildman–Crippen LogP) is 3.21. The minimum Gasteiger partial charge on any atom is -0.478 e. The van der Waals surface area contributed by atoms with Gasteiger partial charge in [0.15, 0.2) is 5.60 Å². The molecule has 1 aromatic rings. The molecule has 1 heterocycles. The lowest BCUT2D eigenvalue weighted by atomic mass is 9.94. The van der Waals surface area contributed by atoms with E-state index in [2.05, 4.69) is 0 Å². The first-order valence-corrected chi connectivity index (χ1v) is 8.92. The third-order valence-corrected chi connectivity index (χ3v) is 4.45. The molecule has 2 rings (SSSR count). The van der Waals surface area contributed by atoms with Crippen molar-refractivity contribution in [1.29, 1.82) is 0 Å². The molecule has 0 aliphatic carbocycles. The van der Waals surface area contributed by atoms with E-state index in [-0.39, 0.29) is 11.8 Å². The first-order valence-electron chi connectivity index (χ1n) is 8.54. The van der Waals surface area contributed by atoms with Gasteiger partial charge in [-0.15, -0.1) is 0 Å². The maximum absolute atomic E-state index is 12.8. The smallest absolute Gasteiger partial charge is 0.266 e. The highest BCUT2D eigenvalue weighted by Gasteiger charge is 2.37. The monoisotopic (exact) mass is 366 g/mol. The van der Waals surface area contributed by atoms with Gasteiger partial charge < -0.3 is 14.5 Å². The third-order valence-electron chi connectivity index (χ3n) is 4.20. The molecule has 5 nitrogen and oxygen atoms in total. The zero-order valence-electron chi connectivity index (χ0n) is 15.6. The van der Waals surface area contributed by atoms with E-state index in [1.165, 1.54) is 0 Å². The van der Waals surface area contributed by atoms with Gasteiger partial charge in [-0.2, -0.15) is 0 Å². The molecule has 0 bridgehead atoms. The average molecular weight is 367 g/mol. The lowest BCUT2D eigenvalue weighted by Gasteiger charge is -2.40. The van der Waals surface area contributed by atoms with Crippen LogP contribution >= 0.6 is 11.6 Å². The SMILES string of the molecule is CC(C)(C)C(=O)N1CCN(C(=O)C(C)(C)Oc2ccc(Cl)cc2)CC1. The van der Waals surface area contributed by atoms with Crippen molar-refractivity contribution >= 4 is 23.4 Å². The highest BCUT2D eigenvalue weighted by Crippen LogP contribution is 2.24. The highest BCUT2D eigenvalue weighted by molar-refractivity contribution is 6.30. The normalized spacial score (nSPS) is 15.9. The van der Waals surface area contributed by atoms with Crippen molar-refractivity contribution in [3.8, 4) is 5.75 Å². The van der Waals surface area contributed by atoms with Crippen LogP contribution in [-0.4, -0.2) is 53.4 Å². The van der Waals surface area contributed by atoms with E-state index in [9.17, 15) is 9.59 Å². The van der Waals surface area contributed by atoms with Gasteiger partial charge in [0.05, 0.1) is 0 Å². The number of carbonyl (C=O) groups excluding carboxylic acids is 2. The fourth-order valence-corrected chi connectivity index (χ4v) is 2.93. The number of benzene rings is 1. The summed E-state index contributed by atoms with van der Waals surface area (Å²) in [6, 6.07) is 6.96. The zero-order chi connectivity index (χ0) is 18.8. The predicted molar refractivity (Wildman–Crippen MR) is 98.8 cm³/mol. The van der Waals surface area contributed by atoms with Gasteiger partial charge in [-0.1, -0.05) is 32.4 Å². The van der Waals surface area contributed by atoms with Gasteiger partial charge in [0.1, 0.15) is 5.75 Å². The number of ether oxygens (including phenoxy) is 1. The third kappa shape index (κ3) is 4.88. The molecule has 0 atom stereocenters. The van der Waals surface area contributed by atoms with Gasteiger partial charge in [-0.3, -0.25) is 9.59 Å². The summed E-state index contributed by atoms with van der Waals surface area (Å²) in [5.41, 5.74) is -1.38. The molecule has 0 N–H and O–H groups in total. The fraction of sp³-hybridized carbons (Fsp3) is 0.579. The Balaban J connectivity index is 1.96. The number of amides is 2. The molecular formula is C19H27ClN2O3. The van der Waals surface area contributed by atoms with Crippen LogP contribution in [0, 0.1) is 5.41 Å². The molecule has 138 valence electrons. The molecule has 25 heavy (non-hydrogen) atoms. The summed E-state index contributed by atoms with van der Waals surface area (Å²) in [6.07, 6.45) is 0. The Morgan fingerprint density at radius 1 is 0.880 bits per heavy atom. The molecule has 1 aliphatic rings. The maximum atomic E-state index is 12.8. The number of hydrogen-bond donors (Lipinski definition) is 0. The summed E-state index contributed by atoms with van der Waals surface area (Å²) >= 11 is 5.88. The first-order chi connectivity index (χ1) is 11.5. The molecule has 2 amide bonds. The van der Waals surface area contributed by atoms with E-state index in [4.69, 9.17) is 16.3 Å². The quantitative estimate of drug-likeness (QED) is 0.825. The number of halogens is 1. The van der Waals surface area contributed by atoms with Gasteiger partial charge >= 0.3 is 0 Å². The van der Waals surface area contributed by atoms with E-state index in [1.807, 2.05) is 25.7 Å². The summed E-state index contributed by atoms with van der Waals surface area (Å²) in [7, 11) is 0. The Labute approximate surface area is 154 Å². The Bertz CT molecular complexity index is 627. The Morgan fingerprint density at radius 3 is 1.76 bits per heavy atom. The van der Waals surface area contributed by atoms with Gasteiger partial charge in [0, 0.05) is 36.6 Å². The molecule has 0 radical (unpaired) electrons. The van der Waals surface area contributed by atoms with E-state index in [0.717, 1.165) is 0 Å². The number of piperazine rings is 1. The molecule has 1 saturated heterocycles. The van der Waals surface area contributed by atoms with Gasteiger partial charge in [0.25, 0.3) is 5.91 Å². The standard InChI is InChI=1S/C19H27ClN2O3/c1-18(2,3)16(23)21-10-12-22(13-11-21)17(24)19(4,5)25-15-8-6-14(20)7-9-15/h6-9H,10-13H2,1-5H3. The molecule has 0 aromatic heterocycles. The summed E-state index contributed by atoms with van der Waals surface area (Å²) in [4.78, 5) is 28.8. The second kappa shape index (κ2) is 7.24. The van der Waals surface area contributed by atoms with Crippen LogP contribution in [-0.2, 0) is 9.59 Å². The second-order valence-electron chi connectivity index (χ2n) is 7.90. The summed E-state index contributed by atoms with van der Waals surface area (Å²) in [5.74, 6) is 0.644. The second-order valence-corrected chi connectivity index (χ2v) is 8.34. The van der Waals surface area contributed by atoms with Crippen molar-refractivity contribution in [1.82, 2.24) is 9.80 Å². The molecule has 1 fully saturated rings. The van der Waals surface area contributed by atoms with Crippen LogP contribution < -0.4 is 4.74 Å². The van der Waals surface area contributed by atoms with E-state index in [0.29, 0.717) is 37.0 Å². The molecule has 1 aliphatic heterocycles. The van der Waals surface area contributed by atoms with Gasteiger partial charge in [-0.05, 0) is 38.1 Å². The van der Waals surface area contributed by atoms with Crippen LogP contribution in [0.15, 0.2) is 24.3 Å². The number of carbonyl (C=O) groups is 2. The van der Waals surface area contributed by atoms with Crippen molar-refractivity contribution in [3.05, 3.63) is 29.3 Å². The number of nitrogens with zero attached hydrogens (tertiary/aromatic N) is 2. The maximum Gasteiger partial charge on any atom is 0.266 e. The Morgan fingerprint density at radius 2 is 1.32 bits per heavy atom. The first kappa shape index (κ1) is 19.6. The van der Waals surface area contributed by atoms with Crippen LogP contribution in [0.1, 0.15) is 34.6 Å². The van der Waals surface area contributed by atoms with E-state index >= 15 is 0 Å². The highest BCUT2D eigenvalue weighted by atomic mass is 35.5. The molecule has 0 unspecified atom stereocenters. The van der Waals surface area contributed by atoms with Crippen LogP contribution in [0.3, 0.4) is 0 Å². The van der Waals surface area contributed by atoms with Gasteiger partial charge in [0.2, 0.25) is 5.91 Å². The van der Waals surface area contributed by atoms with E-state index < -0.39 is 11.0 Å². The lowest BCUT2D eigenvalue weighted by molar-refractivity contribution is -0.151. The number of rotatable bonds is 3. The summed E-state index contributed by atoms with van der Waals surface area (Å²) in [5, 5.41) is 0.621. The van der Waals surface area contributed by atoms with Crippen LogP contribution in [0.5, 0.6) is 5.75 Å². The fourth-order valence-electron chi connectivity index (χ4n) is 2.81. The minimum absolute atomic E-state index is 0.0784. The molecule has 1 aromatic carbocycles. The molecule has 6 heteroatoms. The number of hydrogen-bond acceptors (Lipinski definition) is 3. The molecule has 0 spiro atoms. The van der Waals surface area contributed by atoms with Crippen LogP contribution in [0.2, 0.25) is 5.02 Å². The van der Waals surface area contributed by atoms with Gasteiger partial charge in [-0.25, -0.2) is 0 Å². The van der Waals surface area contributed by atoms with Crippen molar-refractivity contribution in [2.45, 2.75) is 40.2 Å². The van der Waals surface area contributed by atoms with E-state index in [1.54, 1.807) is 43.0 Å². The summed E-state index contributed by atoms with van der Waals surface area (Å²) < 4.78 is 5.87. The minimum atomic E-state index is -0.982. The van der Waals surface area contributed by atoms with Crippen molar-refractivity contribution in [2.24, 2.45) is 5.41 Å². The largest absolute Gasteiger partial charge is 0.478 e. The van der Waals surface area contributed by atoms with Crippen LogP contribution in [0.25, 0.3) is 0 Å². The van der Waals surface area contributed by atoms with Crippen molar-refractivity contribution < 1.29 is 14.3 Å². The molecule has 0 saturated carbocycles. The average Bonchev–Trinajstić information content (AvgIpc) is 2.54. The Kier molecular flexibility index (Phi) is 5.67. The Hall–Kier alpha value is -1.75. The topological polar surface area (TPSA) is 49.9 Å². The lowest BCUT2D eigenvalue weighted by Crippen LogP contribution is -2.57.